The van der Waals surface area contributed by atoms with E-state index in [0.717, 1.165) is 30.6 Å². The van der Waals surface area contributed by atoms with Gasteiger partial charge in [-0.15, -0.1) is 11.3 Å². The maximum absolute atomic E-state index is 12.6. The number of anilines is 1. The van der Waals surface area contributed by atoms with Crippen LogP contribution in [0.5, 0.6) is 5.75 Å². The number of aryl methyl sites for hydroxylation is 2. The van der Waals surface area contributed by atoms with Crippen molar-refractivity contribution in [2.24, 2.45) is 23.2 Å². The molecule has 2 fully saturated rings. The molecule has 3 aliphatic rings. The molecule has 6 nitrogen and oxygen atoms in total. The summed E-state index contributed by atoms with van der Waals surface area (Å²) < 4.78 is 0. The lowest BCUT2D eigenvalue weighted by atomic mass is 9.52. The van der Waals surface area contributed by atoms with Crippen LogP contribution in [-0.4, -0.2) is 26.7 Å². The van der Waals surface area contributed by atoms with Gasteiger partial charge in [-0.3, -0.25) is 4.79 Å². The first kappa shape index (κ1) is 22.4. The van der Waals surface area contributed by atoms with E-state index in [-0.39, 0.29) is 17.7 Å². The Kier molecular flexibility index (Phi) is 5.49. The van der Waals surface area contributed by atoms with Crippen LogP contribution in [0.25, 0.3) is 0 Å². The molecule has 2 aromatic rings. The third-order valence-corrected chi connectivity index (χ3v) is 9.59. The average Bonchev–Trinajstić information content (AvgIpc) is 3.29. The SMILES string of the molecule is Cc1cnc(NC(=O)CC[C@@H]2C[C@@](O)(C#N)[C@@]3(C)CCC4c5ccc(O)cc5CCC4C23)s1. The molecule has 1 aromatic heterocycles. The number of thiazole rings is 1. The summed E-state index contributed by atoms with van der Waals surface area (Å²) in [6, 6.07) is 8.01. The topological polar surface area (TPSA) is 106 Å². The van der Waals surface area contributed by atoms with E-state index in [2.05, 4.69) is 29.4 Å². The Morgan fingerprint density at radius 2 is 2.21 bits per heavy atom. The minimum absolute atomic E-state index is 0.0599. The second-order valence-corrected chi connectivity index (χ2v) is 11.7. The highest BCUT2D eigenvalue weighted by Crippen LogP contribution is 2.66. The van der Waals surface area contributed by atoms with E-state index in [9.17, 15) is 20.3 Å². The van der Waals surface area contributed by atoms with E-state index < -0.39 is 11.0 Å². The molecule has 0 spiro atoms. The molecule has 1 aromatic carbocycles. The van der Waals surface area contributed by atoms with Crippen molar-refractivity contribution < 1.29 is 15.0 Å². The number of carbonyl (C=O) groups excluding carboxylic acids is 1. The Labute approximate surface area is 198 Å². The fourth-order valence-corrected chi connectivity index (χ4v) is 7.96. The number of amides is 1. The van der Waals surface area contributed by atoms with Crippen LogP contribution < -0.4 is 5.32 Å². The minimum atomic E-state index is -1.36. The number of carbonyl (C=O) groups is 1. The van der Waals surface area contributed by atoms with Crippen LogP contribution in [0.1, 0.15) is 67.4 Å². The first-order valence-electron chi connectivity index (χ1n) is 11.9. The third-order valence-electron chi connectivity index (χ3n) is 8.77. The van der Waals surface area contributed by atoms with Crippen molar-refractivity contribution >= 4 is 22.4 Å². The van der Waals surface area contributed by atoms with Gasteiger partial charge in [-0.1, -0.05) is 13.0 Å². The molecule has 1 amide bonds. The first-order valence-corrected chi connectivity index (χ1v) is 12.7. The van der Waals surface area contributed by atoms with Gasteiger partial charge < -0.3 is 15.5 Å². The Balaban J connectivity index is 1.39. The zero-order chi connectivity index (χ0) is 23.4. The van der Waals surface area contributed by atoms with E-state index >= 15 is 0 Å². The van der Waals surface area contributed by atoms with Gasteiger partial charge in [-0.05, 0) is 92.4 Å². The summed E-state index contributed by atoms with van der Waals surface area (Å²) in [6.45, 7) is 4.06. The molecule has 1 heterocycles. The van der Waals surface area contributed by atoms with Crippen molar-refractivity contribution in [1.29, 1.82) is 5.26 Å². The zero-order valence-corrected chi connectivity index (χ0v) is 20.0. The molecule has 0 saturated heterocycles. The predicted octanol–water partition coefficient (Wildman–Crippen LogP) is 4.91. The predicted molar refractivity (Wildman–Crippen MR) is 127 cm³/mol. The van der Waals surface area contributed by atoms with Gasteiger partial charge in [0.05, 0.1) is 6.07 Å². The fraction of sp³-hybridized carbons (Fsp3) is 0.577. The molecular weight excluding hydrogens is 434 g/mol. The molecule has 3 N–H and O–H groups in total. The molecule has 7 heteroatoms. The normalized spacial score (nSPS) is 34.6. The van der Waals surface area contributed by atoms with E-state index in [1.54, 1.807) is 12.3 Å². The van der Waals surface area contributed by atoms with Crippen molar-refractivity contribution in [3.05, 3.63) is 40.4 Å². The fourth-order valence-electron chi connectivity index (χ4n) is 7.28. The van der Waals surface area contributed by atoms with E-state index in [1.807, 2.05) is 13.0 Å². The molecule has 0 radical (unpaired) electrons. The largest absolute Gasteiger partial charge is 0.508 e. The van der Waals surface area contributed by atoms with Gasteiger partial charge in [0.15, 0.2) is 10.7 Å². The molecule has 6 atom stereocenters. The van der Waals surface area contributed by atoms with E-state index in [1.165, 1.54) is 22.5 Å². The molecule has 33 heavy (non-hydrogen) atoms. The standard InChI is InChI=1S/C26H31N3O3S/c1-15-13-28-24(33-15)29-22(31)8-4-17-12-26(32,14-27)25(2)10-9-20-19-7-5-18(30)11-16(19)3-6-21(20)23(17)25/h5,7,11,13,17,20-21,23,30,32H,3-4,6,8-10,12H2,1-2H3,(H,28,29,31)/t17-,20?,21?,23?,25+,26-/m1/s1. The molecular formula is C26H31N3O3S. The van der Waals surface area contributed by atoms with Crippen molar-refractivity contribution in [2.45, 2.75) is 70.3 Å². The first-order chi connectivity index (χ1) is 15.7. The van der Waals surface area contributed by atoms with Gasteiger partial charge in [0, 0.05) is 22.9 Å². The number of phenolic OH excluding ortho intramolecular Hbond substituents is 1. The Morgan fingerprint density at radius 1 is 1.39 bits per heavy atom. The summed E-state index contributed by atoms with van der Waals surface area (Å²) in [5, 5.41) is 34.9. The molecule has 0 bridgehead atoms. The highest BCUT2D eigenvalue weighted by molar-refractivity contribution is 7.15. The number of phenols is 1. The van der Waals surface area contributed by atoms with E-state index in [4.69, 9.17) is 0 Å². The minimum Gasteiger partial charge on any atom is -0.508 e. The number of nitriles is 1. The van der Waals surface area contributed by atoms with Crippen LogP contribution in [-0.2, 0) is 11.2 Å². The van der Waals surface area contributed by atoms with Crippen LogP contribution in [0.3, 0.4) is 0 Å². The number of nitrogens with one attached hydrogen (secondary N) is 1. The summed E-state index contributed by atoms with van der Waals surface area (Å²) in [7, 11) is 0. The van der Waals surface area contributed by atoms with Crippen LogP contribution in [0, 0.1) is 41.4 Å². The summed E-state index contributed by atoms with van der Waals surface area (Å²) in [5.41, 5.74) is 0.716. The van der Waals surface area contributed by atoms with Crippen LogP contribution >= 0.6 is 11.3 Å². The highest BCUT2D eigenvalue weighted by Gasteiger charge is 2.65. The zero-order valence-electron chi connectivity index (χ0n) is 19.2. The maximum Gasteiger partial charge on any atom is 0.226 e. The molecule has 5 rings (SSSR count). The second-order valence-electron chi connectivity index (χ2n) is 10.5. The summed E-state index contributed by atoms with van der Waals surface area (Å²) in [5.74, 6) is 1.32. The number of aliphatic hydroxyl groups is 1. The van der Waals surface area contributed by atoms with E-state index in [0.29, 0.717) is 42.0 Å². The third kappa shape index (κ3) is 3.64. The van der Waals surface area contributed by atoms with Crippen molar-refractivity contribution in [1.82, 2.24) is 4.98 Å². The summed E-state index contributed by atoms with van der Waals surface area (Å²) >= 11 is 1.46. The lowest BCUT2D eigenvalue weighted by Gasteiger charge is -2.52. The number of benzene rings is 1. The quantitative estimate of drug-likeness (QED) is 0.556. The molecule has 3 aliphatic carbocycles. The van der Waals surface area contributed by atoms with Gasteiger partial charge in [0.2, 0.25) is 5.91 Å². The molecule has 174 valence electrons. The number of aromatic nitrogens is 1. The smallest absolute Gasteiger partial charge is 0.226 e. The molecule has 2 saturated carbocycles. The maximum atomic E-state index is 12.6. The number of rotatable bonds is 4. The van der Waals surface area contributed by atoms with Crippen molar-refractivity contribution in [3.63, 3.8) is 0 Å². The van der Waals surface area contributed by atoms with Crippen LogP contribution in [0.15, 0.2) is 24.4 Å². The summed E-state index contributed by atoms with van der Waals surface area (Å²) in [6.07, 6.45) is 6.83. The average molecular weight is 466 g/mol. The highest BCUT2D eigenvalue weighted by atomic mass is 32.1. The van der Waals surface area contributed by atoms with Crippen molar-refractivity contribution in [2.75, 3.05) is 5.32 Å². The lowest BCUT2D eigenvalue weighted by Crippen LogP contribution is -2.50. The van der Waals surface area contributed by atoms with Crippen molar-refractivity contribution in [3.8, 4) is 11.8 Å². The Hall–Kier alpha value is -2.43. The molecule has 0 aliphatic heterocycles. The van der Waals surface area contributed by atoms with Gasteiger partial charge in [-0.2, -0.15) is 5.26 Å². The Bertz CT molecular complexity index is 1120. The number of fused-ring (bicyclic) bond motifs is 5. The number of aromatic hydroxyl groups is 1. The Morgan fingerprint density at radius 3 is 2.94 bits per heavy atom. The van der Waals surface area contributed by atoms with Gasteiger partial charge in [0.25, 0.3) is 0 Å². The monoisotopic (exact) mass is 465 g/mol. The van der Waals surface area contributed by atoms with Crippen LogP contribution in [0.2, 0.25) is 0 Å². The molecule has 3 unspecified atom stereocenters. The van der Waals surface area contributed by atoms with Gasteiger partial charge in [-0.25, -0.2) is 4.98 Å². The number of hydrogen-bond donors (Lipinski definition) is 3. The van der Waals surface area contributed by atoms with Gasteiger partial charge in [0.1, 0.15) is 5.75 Å². The summed E-state index contributed by atoms with van der Waals surface area (Å²) in [4.78, 5) is 17.9. The second kappa shape index (κ2) is 8.11. The van der Waals surface area contributed by atoms with Crippen LogP contribution in [0.4, 0.5) is 5.13 Å². The van der Waals surface area contributed by atoms with Gasteiger partial charge >= 0.3 is 0 Å². The lowest BCUT2D eigenvalue weighted by molar-refractivity contribution is -0.116. The number of hydrogen-bond acceptors (Lipinski definition) is 6. The number of nitrogens with zero attached hydrogens (tertiary/aromatic N) is 2.